The van der Waals surface area contributed by atoms with E-state index in [4.69, 9.17) is 4.74 Å². The molecule has 0 fully saturated rings. The van der Waals surface area contributed by atoms with Crippen molar-refractivity contribution in [3.63, 3.8) is 0 Å². The van der Waals surface area contributed by atoms with Crippen molar-refractivity contribution in [2.75, 3.05) is 7.11 Å². The summed E-state index contributed by atoms with van der Waals surface area (Å²) in [5.74, 6) is 0. The molecule has 0 rings (SSSR count). The predicted molar refractivity (Wildman–Crippen MR) is 62.7 cm³/mol. The van der Waals surface area contributed by atoms with Gasteiger partial charge in [-0.15, -0.1) is 0 Å². The molecule has 0 saturated carbocycles. The largest absolute Gasteiger partial charge is 0.379 e. The molecule has 0 spiro atoms. The zero-order valence-corrected chi connectivity index (χ0v) is 10.7. The first-order valence-electron chi connectivity index (χ1n) is 5.72. The second kappa shape index (κ2) is 6.41. The fourth-order valence-corrected chi connectivity index (χ4v) is 1.88. The van der Waals surface area contributed by atoms with Crippen LogP contribution < -0.4 is 5.32 Å². The highest BCUT2D eigenvalue weighted by atomic mass is 16.5. The number of hydrogen-bond acceptors (Lipinski definition) is 2. The predicted octanol–water partition coefficient (Wildman–Crippen LogP) is 2.97. The van der Waals surface area contributed by atoms with Crippen LogP contribution in [-0.4, -0.2) is 24.8 Å². The molecular weight excluding hydrogens is 174 g/mol. The number of rotatable bonds is 7. The van der Waals surface area contributed by atoms with Crippen LogP contribution in [0, 0.1) is 0 Å². The Hall–Kier alpha value is -0.0800. The summed E-state index contributed by atoms with van der Waals surface area (Å²) >= 11 is 0. The zero-order valence-electron chi connectivity index (χ0n) is 10.7. The summed E-state index contributed by atoms with van der Waals surface area (Å²) in [6.45, 7) is 11.0. The molecule has 2 atom stereocenters. The van der Waals surface area contributed by atoms with Gasteiger partial charge in [-0.05, 0) is 40.5 Å². The zero-order chi connectivity index (χ0) is 11.2. The molecule has 0 aromatic rings. The van der Waals surface area contributed by atoms with E-state index in [1.54, 1.807) is 7.11 Å². The summed E-state index contributed by atoms with van der Waals surface area (Å²) in [5.41, 5.74) is -0.0155. The Morgan fingerprint density at radius 1 is 1.21 bits per heavy atom. The highest BCUT2D eigenvalue weighted by Gasteiger charge is 2.20. The topological polar surface area (TPSA) is 21.3 Å². The van der Waals surface area contributed by atoms with E-state index >= 15 is 0 Å². The highest BCUT2D eigenvalue weighted by Crippen LogP contribution is 2.15. The van der Waals surface area contributed by atoms with Gasteiger partial charge in [-0.3, -0.25) is 0 Å². The van der Waals surface area contributed by atoms with Crippen LogP contribution in [0.1, 0.15) is 53.9 Å². The van der Waals surface area contributed by atoms with Crippen LogP contribution in [0.3, 0.4) is 0 Å². The molecule has 0 amide bonds. The van der Waals surface area contributed by atoms with Gasteiger partial charge >= 0.3 is 0 Å². The summed E-state index contributed by atoms with van der Waals surface area (Å²) < 4.78 is 5.41. The van der Waals surface area contributed by atoms with Gasteiger partial charge in [-0.1, -0.05) is 13.3 Å². The molecule has 0 saturated heterocycles. The third-order valence-electron chi connectivity index (χ3n) is 2.64. The lowest BCUT2D eigenvalue weighted by molar-refractivity contribution is 0.00778. The van der Waals surface area contributed by atoms with E-state index in [9.17, 15) is 0 Å². The molecule has 0 radical (unpaired) electrons. The van der Waals surface area contributed by atoms with Gasteiger partial charge in [0.15, 0.2) is 0 Å². The van der Waals surface area contributed by atoms with Crippen molar-refractivity contribution in [3.8, 4) is 0 Å². The quantitative estimate of drug-likeness (QED) is 0.684. The van der Waals surface area contributed by atoms with Gasteiger partial charge < -0.3 is 10.1 Å². The molecule has 0 aromatic carbocycles. The van der Waals surface area contributed by atoms with Gasteiger partial charge in [0.1, 0.15) is 0 Å². The molecule has 86 valence electrons. The van der Waals surface area contributed by atoms with Crippen molar-refractivity contribution in [3.05, 3.63) is 0 Å². The van der Waals surface area contributed by atoms with Crippen molar-refractivity contribution in [1.82, 2.24) is 5.32 Å². The summed E-state index contributed by atoms with van der Waals surface area (Å²) in [7, 11) is 1.78. The summed E-state index contributed by atoms with van der Waals surface area (Å²) in [6.07, 6.45) is 3.55. The molecule has 0 aliphatic carbocycles. The van der Waals surface area contributed by atoms with Crippen LogP contribution in [0.4, 0.5) is 0 Å². The van der Waals surface area contributed by atoms with Crippen molar-refractivity contribution in [2.24, 2.45) is 0 Å². The van der Waals surface area contributed by atoms with E-state index in [1.807, 2.05) is 0 Å². The number of methoxy groups -OCH3 is 1. The highest BCUT2D eigenvalue weighted by molar-refractivity contribution is 4.77. The lowest BCUT2D eigenvalue weighted by atomic mass is 9.99. The van der Waals surface area contributed by atoms with Gasteiger partial charge in [-0.2, -0.15) is 0 Å². The van der Waals surface area contributed by atoms with E-state index in [0.717, 1.165) is 6.42 Å². The van der Waals surface area contributed by atoms with Crippen LogP contribution in [0.15, 0.2) is 0 Å². The molecule has 1 N–H and O–H groups in total. The molecule has 2 heteroatoms. The lowest BCUT2D eigenvalue weighted by Crippen LogP contribution is -2.40. The second-order valence-electron chi connectivity index (χ2n) is 4.93. The molecule has 0 heterocycles. The average molecular weight is 201 g/mol. The van der Waals surface area contributed by atoms with E-state index in [-0.39, 0.29) is 5.60 Å². The van der Waals surface area contributed by atoms with E-state index < -0.39 is 0 Å². The number of ether oxygens (including phenoxy) is 1. The fourth-order valence-electron chi connectivity index (χ4n) is 1.88. The van der Waals surface area contributed by atoms with Crippen molar-refractivity contribution in [2.45, 2.75) is 71.6 Å². The lowest BCUT2D eigenvalue weighted by Gasteiger charge is -2.29. The van der Waals surface area contributed by atoms with E-state index in [0.29, 0.717) is 12.1 Å². The monoisotopic (exact) mass is 201 g/mol. The third-order valence-corrected chi connectivity index (χ3v) is 2.64. The first-order valence-corrected chi connectivity index (χ1v) is 5.72. The SMILES string of the molecule is CCCC(C)NC(C)CC(C)(C)OC. The van der Waals surface area contributed by atoms with Crippen LogP contribution in [0.2, 0.25) is 0 Å². The normalized spacial score (nSPS) is 16.7. The number of nitrogens with one attached hydrogen (secondary N) is 1. The fraction of sp³-hybridized carbons (Fsp3) is 1.00. The van der Waals surface area contributed by atoms with Crippen LogP contribution in [0.5, 0.6) is 0 Å². The minimum atomic E-state index is -0.0155. The van der Waals surface area contributed by atoms with Crippen LogP contribution in [0.25, 0.3) is 0 Å². The van der Waals surface area contributed by atoms with Crippen LogP contribution >= 0.6 is 0 Å². The van der Waals surface area contributed by atoms with Gasteiger partial charge in [0.25, 0.3) is 0 Å². The summed E-state index contributed by atoms with van der Waals surface area (Å²) in [6, 6.07) is 1.13. The third kappa shape index (κ3) is 6.39. The molecule has 2 unspecified atom stereocenters. The first-order chi connectivity index (χ1) is 6.41. The smallest absolute Gasteiger partial charge is 0.0637 e. The van der Waals surface area contributed by atoms with Gasteiger partial charge in [0.2, 0.25) is 0 Å². The maximum Gasteiger partial charge on any atom is 0.0637 e. The average Bonchev–Trinajstić information content (AvgIpc) is 2.03. The van der Waals surface area contributed by atoms with Crippen molar-refractivity contribution >= 4 is 0 Å². The summed E-state index contributed by atoms with van der Waals surface area (Å²) in [4.78, 5) is 0. The molecule has 14 heavy (non-hydrogen) atoms. The van der Waals surface area contributed by atoms with Crippen LogP contribution in [-0.2, 0) is 4.74 Å². The van der Waals surface area contributed by atoms with Gasteiger partial charge in [0, 0.05) is 19.2 Å². The molecule has 0 aromatic heterocycles. The van der Waals surface area contributed by atoms with E-state index in [2.05, 4.69) is 39.9 Å². The Morgan fingerprint density at radius 2 is 1.79 bits per heavy atom. The second-order valence-corrected chi connectivity index (χ2v) is 4.93. The molecular formula is C12H27NO. The Kier molecular flexibility index (Phi) is 6.38. The number of hydrogen-bond donors (Lipinski definition) is 1. The summed E-state index contributed by atoms with van der Waals surface area (Å²) in [5, 5.41) is 3.59. The van der Waals surface area contributed by atoms with Crippen molar-refractivity contribution < 1.29 is 4.74 Å². The first kappa shape index (κ1) is 13.9. The maximum atomic E-state index is 5.41. The Morgan fingerprint density at radius 3 is 2.21 bits per heavy atom. The van der Waals surface area contributed by atoms with Gasteiger partial charge in [-0.25, -0.2) is 0 Å². The molecule has 0 aliphatic heterocycles. The van der Waals surface area contributed by atoms with Crippen molar-refractivity contribution in [1.29, 1.82) is 0 Å². The maximum absolute atomic E-state index is 5.41. The Labute approximate surface area is 89.4 Å². The molecule has 0 aliphatic rings. The standard InChI is InChI=1S/C12H27NO/c1-7-8-10(2)13-11(3)9-12(4,5)14-6/h10-11,13H,7-9H2,1-6H3. The Balaban J connectivity index is 3.79. The molecule has 2 nitrogen and oxygen atoms in total. The molecule has 0 bridgehead atoms. The van der Waals surface area contributed by atoms with Gasteiger partial charge in [0.05, 0.1) is 5.60 Å². The Bertz CT molecular complexity index is 145. The minimum absolute atomic E-state index is 0.0155. The minimum Gasteiger partial charge on any atom is -0.379 e. The van der Waals surface area contributed by atoms with E-state index in [1.165, 1.54) is 12.8 Å².